The van der Waals surface area contributed by atoms with Gasteiger partial charge in [0.2, 0.25) is 0 Å². The van der Waals surface area contributed by atoms with Crippen molar-refractivity contribution >= 4 is 0 Å². The Morgan fingerprint density at radius 3 is 2.63 bits per heavy atom. The van der Waals surface area contributed by atoms with Gasteiger partial charge in [-0.05, 0) is 51.7 Å². The Morgan fingerprint density at radius 1 is 1.32 bits per heavy atom. The van der Waals surface area contributed by atoms with Gasteiger partial charge in [-0.15, -0.1) is 0 Å². The van der Waals surface area contributed by atoms with Gasteiger partial charge in [0, 0.05) is 6.54 Å². The maximum absolute atomic E-state index is 5.33. The Hall–Kier alpha value is -1.06. The maximum Gasteiger partial charge on any atom is 0.119 e. The fraction of sp³-hybridized carbons (Fsp3) is 0.625. The minimum absolute atomic E-state index is 0.0255. The molecule has 1 N–H and O–H groups in total. The highest BCUT2D eigenvalue weighted by Crippen LogP contribution is 2.28. The quantitative estimate of drug-likeness (QED) is 0.731. The van der Waals surface area contributed by atoms with Crippen molar-refractivity contribution in [3.63, 3.8) is 0 Å². The summed E-state index contributed by atoms with van der Waals surface area (Å²) < 4.78 is 5.33. The van der Waals surface area contributed by atoms with Gasteiger partial charge in [0.1, 0.15) is 5.75 Å². The molecule has 0 aliphatic carbocycles. The van der Waals surface area contributed by atoms with Crippen molar-refractivity contribution < 1.29 is 4.74 Å². The number of hydrogen-bond donors (Lipinski definition) is 1. The zero-order chi connectivity index (χ0) is 14.3. The molecule has 1 aromatic rings. The molecule has 0 spiro atoms. The molecule has 0 radical (unpaired) electrons. The molecular formula is C16H28N2O. The summed E-state index contributed by atoms with van der Waals surface area (Å²) in [7, 11) is 5.97. The van der Waals surface area contributed by atoms with Gasteiger partial charge in [0.05, 0.1) is 12.6 Å². The van der Waals surface area contributed by atoms with E-state index in [9.17, 15) is 0 Å². The first-order valence-corrected chi connectivity index (χ1v) is 7.07. The molecule has 0 fully saturated rings. The topological polar surface area (TPSA) is 24.5 Å². The molecule has 0 saturated carbocycles. The molecule has 3 nitrogen and oxygen atoms in total. The number of hydrogen-bond acceptors (Lipinski definition) is 3. The summed E-state index contributed by atoms with van der Waals surface area (Å²) in [6, 6.07) is 8.34. The van der Waals surface area contributed by atoms with Crippen LogP contribution in [0.3, 0.4) is 0 Å². The van der Waals surface area contributed by atoms with E-state index in [1.807, 2.05) is 6.07 Å². The van der Waals surface area contributed by atoms with E-state index in [0.717, 1.165) is 18.8 Å². The highest BCUT2D eigenvalue weighted by Gasteiger charge is 2.28. The molecule has 1 atom stereocenters. The van der Waals surface area contributed by atoms with Gasteiger partial charge in [-0.25, -0.2) is 0 Å². The highest BCUT2D eigenvalue weighted by molar-refractivity contribution is 5.33. The van der Waals surface area contributed by atoms with Crippen LogP contribution >= 0.6 is 0 Å². The minimum Gasteiger partial charge on any atom is -0.497 e. The number of nitrogens with one attached hydrogen (secondary N) is 1. The van der Waals surface area contributed by atoms with Crippen LogP contribution < -0.4 is 10.1 Å². The molecule has 0 amide bonds. The third-order valence-corrected chi connectivity index (χ3v) is 3.86. The van der Waals surface area contributed by atoms with Gasteiger partial charge >= 0.3 is 0 Å². The monoisotopic (exact) mass is 264 g/mol. The summed E-state index contributed by atoms with van der Waals surface area (Å²) in [5.74, 6) is 0.916. The molecule has 0 saturated heterocycles. The third kappa shape index (κ3) is 4.22. The van der Waals surface area contributed by atoms with E-state index >= 15 is 0 Å². The van der Waals surface area contributed by atoms with Gasteiger partial charge in [-0.3, -0.25) is 4.90 Å². The number of likely N-dealkylation sites (N-methyl/N-ethyl adjacent to an activating group) is 1. The average molecular weight is 264 g/mol. The van der Waals surface area contributed by atoms with Crippen molar-refractivity contribution in [2.45, 2.75) is 32.2 Å². The molecule has 1 rings (SSSR count). The third-order valence-electron chi connectivity index (χ3n) is 3.86. The molecular weight excluding hydrogens is 236 g/mol. The van der Waals surface area contributed by atoms with Crippen LogP contribution in [0.15, 0.2) is 24.3 Å². The van der Waals surface area contributed by atoms with Crippen LogP contribution in [0.25, 0.3) is 0 Å². The van der Waals surface area contributed by atoms with Crippen molar-refractivity contribution in [2.24, 2.45) is 0 Å². The van der Waals surface area contributed by atoms with Gasteiger partial charge in [-0.2, -0.15) is 0 Å². The van der Waals surface area contributed by atoms with Crippen molar-refractivity contribution in [3.05, 3.63) is 29.8 Å². The zero-order valence-corrected chi connectivity index (χ0v) is 13.0. The Bertz CT molecular complexity index is 379. The molecule has 0 aromatic heterocycles. The van der Waals surface area contributed by atoms with E-state index in [4.69, 9.17) is 4.74 Å². The first kappa shape index (κ1) is 16.0. The van der Waals surface area contributed by atoms with E-state index in [1.165, 1.54) is 18.4 Å². The number of nitrogens with zero attached hydrogens (tertiary/aromatic N) is 1. The summed E-state index contributed by atoms with van der Waals surface area (Å²) in [4.78, 5) is 2.26. The van der Waals surface area contributed by atoms with E-state index in [1.54, 1.807) is 7.11 Å². The van der Waals surface area contributed by atoms with Crippen molar-refractivity contribution in [3.8, 4) is 5.75 Å². The second-order valence-corrected chi connectivity index (χ2v) is 5.43. The molecule has 1 aromatic carbocycles. The summed E-state index contributed by atoms with van der Waals surface area (Å²) in [5.41, 5.74) is 1.25. The Morgan fingerprint density at radius 2 is 2.05 bits per heavy atom. The average Bonchev–Trinajstić information content (AvgIpc) is 2.43. The molecule has 3 heteroatoms. The molecule has 1 unspecified atom stereocenters. The molecule has 0 bridgehead atoms. The first-order chi connectivity index (χ1) is 9.04. The standard InChI is InChI=1S/C16H28N2O/c1-6-7-11-17-13-16(2,18(3)4)14-9-8-10-15(12-14)19-5/h8-10,12,17H,6-7,11,13H2,1-5H3. The molecule has 0 aliphatic rings. The summed E-state index contributed by atoms with van der Waals surface area (Å²) in [6.45, 7) is 6.49. The highest BCUT2D eigenvalue weighted by atomic mass is 16.5. The van der Waals surface area contributed by atoms with Gasteiger partial charge < -0.3 is 10.1 Å². The molecule has 108 valence electrons. The van der Waals surface area contributed by atoms with Crippen LogP contribution in [-0.4, -0.2) is 39.2 Å². The van der Waals surface area contributed by atoms with Crippen LogP contribution in [-0.2, 0) is 5.54 Å². The lowest BCUT2D eigenvalue weighted by atomic mass is 9.90. The Balaban J connectivity index is 2.84. The predicted molar refractivity (Wildman–Crippen MR) is 81.8 cm³/mol. The van der Waals surface area contributed by atoms with Crippen molar-refractivity contribution in [2.75, 3.05) is 34.3 Å². The van der Waals surface area contributed by atoms with Crippen LogP contribution in [0.5, 0.6) is 5.75 Å². The molecule has 0 heterocycles. The van der Waals surface area contributed by atoms with E-state index < -0.39 is 0 Å². The zero-order valence-electron chi connectivity index (χ0n) is 13.0. The van der Waals surface area contributed by atoms with E-state index in [-0.39, 0.29) is 5.54 Å². The first-order valence-electron chi connectivity index (χ1n) is 7.07. The molecule has 19 heavy (non-hydrogen) atoms. The lowest BCUT2D eigenvalue weighted by Gasteiger charge is -2.37. The Kier molecular flexibility index (Phi) is 6.32. The SMILES string of the molecule is CCCCNCC(C)(c1cccc(OC)c1)N(C)C. The summed E-state index contributed by atoms with van der Waals surface area (Å²) >= 11 is 0. The fourth-order valence-electron chi connectivity index (χ4n) is 2.11. The summed E-state index contributed by atoms with van der Waals surface area (Å²) in [6.07, 6.45) is 2.45. The Labute approximate surface area is 118 Å². The second-order valence-electron chi connectivity index (χ2n) is 5.43. The number of benzene rings is 1. The van der Waals surface area contributed by atoms with E-state index in [0.29, 0.717) is 0 Å². The predicted octanol–water partition coefficient (Wildman–Crippen LogP) is 2.86. The van der Waals surface area contributed by atoms with Crippen molar-refractivity contribution in [1.29, 1.82) is 0 Å². The lowest BCUT2D eigenvalue weighted by molar-refractivity contribution is 0.169. The second kappa shape index (κ2) is 7.51. The van der Waals surface area contributed by atoms with Crippen molar-refractivity contribution in [1.82, 2.24) is 10.2 Å². The minimum atomic E-state index is -0.0255. The van der Waals surface area contributed by atoms with Crippen LogP contribution in [0.4, 0.5) is 0 Å². The van der Waals surface area contributed by atoms with Crippen LogP contribution in [0, 0.1) is 0 Å². The normalized spacial score (nSPS) is 14.4. The van der Waals surface area contributed by atoms with Gasteiger partial charge in [0.25, 0.3) is 0 Å². The lowest BCUT2D eigenvalue weighted by Crippen LogP contribution is -2.46. The van der Waals surface area contributed by atoms with E-state index in [2.05, 4.69) is 56.4 Å². The maximum atomic E-state index is 5.33. The van der Waals surface area contributed by atoms with Gasteiger partial charge in [-0.1, -0.05) is 25.5 Å². The number of methoxy groups -OCH3 is 1. The number of unbranched alkanes of at least 4 members (excludes halogenated alkanes) is 1. The number of ether oxygens (including phenoxy) is 1. The number of rotatable bonds is 8. The summed E-state index contributed by atoms with van der Waals surface area (Å²) in [5, 5.41) is 3.56. The molecule has 0 aliphatic heterocycles. The van der Waals surface area contributed by atoms with Crippen LogP contribution in [0.2, 0.25) is 0 Å². The largest absolute Gasteiger partial charge is 0.497 e. The van der Waals surface area contributed by atoms with Crippen LogP contribution in [0.1, 0.15) is 32.3 Å². The smallest absolute Gasteiger partial charge is 0.119 e. The fourth-order valence-corrected chi connectivity index (χ4v) is 2.11. The van der Waals surface area contributed by atoms with Gasteiger partial charge in [0.15, 0.2) is 0 Å².